The highest BCUT2D eigenvalue weighted by molar-refractivity contribution is 6.19. The summed E-state index contributed by atoms with van der Waals surface area (Å²) in [4.78, 5) is 12.9. The zero-order chi connectivity index (χ0) is 27.4. The smallest absolute Gasteiger partial charge is 0.249 e. The van der Waals surface area contributed by atoms with E-state index >= 15 is 4.39 Å². The fraction of sp³-hybridized carbons (Fsp3) is 0.290. The molecule has 0 aliphatic rings. The van der Waals surface area contributed by atoms with E-state index in [0.717, 1.165) is 29.5 Å². The first kappa shape index (κ1) is 25.7. The van der Waals surface area contributed by atoms with Crippen LogP contribution in [0.25, 0.3) is 32.9 Å². The van der Waals surface area contributed by atoms with Crippen LogP contribution in [0.2, 0.25) is 0 Å². The van der Waals surface area contributed by atoms with Gasteiger partial charge in [-0.15, -0.1) is 0 Å². The number of amides is 1. The van der Waals surface area contributed by atoms with Crippen LogP contribution in [0.4, 0.5) is 4.39 Å². The number of aliphatic hydroxyl groups is 1. The van der Waals surface area contributed by atoms with Crippen molar-refractivity contribution in [1.82, 2.24) is 9.72 Å². The summed E-state index contributed by atoms with van der Waals surface area (Å²) in [6, 6.07) is 16.8. The van der Waals surface area contributed by atoms with E-state index in [1.54, 1.807) is 32.0 Å². The Morgan fingerprint density at radius 2 is 1.87 bits per heavy atom. The van der Waals surface area contributed by atoms with E-state index in [0.29, 0.717) is 38.8 Å². The molecule has 7 heteroatoms. The minimum absolute atomic E-state index is 0.184. The van der Waals surface area contributed by atoms with Crippen molar-refractivity contribution in [2.75, 3.05) is 0 Å². The molecule has 0 aliphatic heterocycles. The third kappa shape index (κ3) is 4.07. The van der Waals surface area contributed by atoms with Gasteiger partial charge >= 0.3 is 0 Å². The lowest BCUT2D eigenvalue weighted by atomic mass is 9.94. The van der Waals surface area contributed by atoms with Crippen LogP contribution in [0.5, 0.6) is 0 Å². The van der Waals surface area contributed by atoms with Crippen LogP contribution < -0.4 is 5.73 Å². The highest BCUT2D eigenvalue weighted by Crippen LogP contribution is 2.43. The third-order valence-corrected chi connectivity index (χ3v) is 7.31. The van der Waals surface area contributed by atoms with Crippen LogP contribution in [-0.2, 0) is 5.60 Å². The maximum Gasteiger partial charge on any atom is 0.249 e. The van der Waals surface area contributed by atoms with E-state index < -0.39 is 17.3 Å². The van der Waals surface area contributed by atoms with Crippen LogP contribution in [0.3, 0.4) is 0 Å². The van der Waals surface area contributed by atoms with Crippen molar-refractivity contribution < 1.29 is 18.8 Å². The van der Waals surface area contributed by atoms with Gasteiger partial charge in [-0.1, -0.05) is 61.0 Å². The van der Waals surface area contributed by atoms with Gasteiger partial charge in [0.1, 0.15) is 5.76 Å². The zero-order valence-electron chi connectivity index (χ0n) is 22.3. The fourth-order valence-corrected chi connectivity index (χ4v) is 5.65. The number of aryl methyl sites for hydroxylation is 2. The van der Waals surface area contributed by atoms with Crippen molar-refractivity contribution in [3.63, 3.8) is 0 Å². The summed E-state index contributed by atoms with van der Waals surface area (Å²) >= 11 is 0. The number of halogens is 1. The van der Waals surface area contributed by atoms with Gasteiger partial charge in [-0.2, -0.15) is 0 Å². The molecule has 0 radical (unpaired) electrons. The summed E-state index contributed by atoms with van der Waals surface area (Å²) in [6.45, 7) is 8.88. The van der Waals surface area contributed by atoms with Crippen LogP contribution >= 0.6 is 0 Å². The molecule has 5 aromatic rings. The van der Waals surface area contributed by atoms with Crippen molar-refractivity contribution in [3.8, 4) is 11.1 Å². The Labute approximate surface area is 220 Å². The van der Waals surface area contributed by atoms with Crippen molar-refractivity contribution in [2.24, 2.45) is 5.73 Å². The molecule has 0 aliphatic carbocycles. The number of hydrogen-bond acceptors (Lipinski definition) is 4. The molecule has 0 fully saturated rings. The summed E-state index contributed by atoms with van der Waals surface area (Å²) < 4.78 is 23.9. The number of fused-ring (bicyclic) bond motifs is 3. The van der Waals surface area contributed by atoms with Gasteiger partial charge in [0.05, 0.1) is 28.4 Å². The molecule has 6 nitrogen and oxygen atoms in total. The van der Waals surface area contributed by atoms with Gasteiger partial charge in [-0.05, 0) is 57.4 Å². The maximum absolute atomic E-state index is 16.5. The standard InChI is InChI=1S/C31H32FN3O3/c1-6-10-24(19-11-8-7-9-12-19)35-25-16-20(26-17(2)34-38-18(26)3)15-22(30(33)36)27(25)21-13-14-23(31(4,5)37)28(32)29(21)35/h7-9,11-16,24,37H,6,10H2,1-5H3,(H2,33,36). The first-order chi connectivity index (χ1) is 18.0. The second-order valence-corrected chi connectivity index (χ2v) is 10.4. The van der Waals surface area contributed by atoms with Crippen molar-refractivity contribution in [3.05, 3.63) is 88.6 Å². The minimum Gasteiger partial charge on any atom is -0.386 e. The minimum atomic E-state index is -1.40. The summed E-state index contributed by atoms with van der Waals surface area (Å²) in [5.41, 5.74) is 9.23. The molecule has 3 N–H and O–H groups in total. The van der Waals surface area contributed by atoms with Gasteiger partial charge < -0.3 is 19.9 Å². The summed E-state index contributed by atoms with van der Waals surface area (Å²) in [5.74, 6) is -0.512. The molecule has 1 unspecified atom stereocenters. The van der Waals surface area contributed by atoms with Crippen LogP contribution in [-0.4, -0.2) is 20.7 Å². The number of aromatic nitrogens is 2. The quantitative estimate of drug-likeness (QED) is 0.247. The van der Waals surface area contributed by atoms with Crippen LogP contribution in [0.1, 0.15) is 72.6 Å². The second kappa shape index (κ2) is 9.40. The van der Waals surface area contributed by atoms with Gasteiger partial charge in [0.15, 0.2) is 5.82 Å². The fourth-order valence-electron chi connectivity index (χ4n) is 5.65. The Bertz CT molecular complexity index is 1660. The summed E-state index contributed by atoms with van der Waals surface area (Å²) in [6.07, 6.45) is 1.58. The van der Waals surface area contributed by atoms with Gasteiger partial charge in [-0.3, -0.25) is 4.79 Å². The molecule has 196 valence electrons. The van der Waals surface area contributed by atoms with E-state index in [1.165, 1.54) is 0 Å². The van der Waals surface area contributed by atoms with E-state index in [9.17, 15) is 9.90 Å². The predicted octanol–water partition coefficient (Wildman–Crippen LogP) is 6.92. The number of nitrogens with zero attached hydrogens (tertiary/aromatic N) is 2. The Morgan fingerprint density at radius 3 is 2.45 bits per heavy atom. The monoisotopic (exact) mass is 513 g/mol. The molecule has 0 saturated carbocycles. The molecule has 1 amide bonds. The number of carbonyl (C=O) groups excluding carboxylic acids is 1. The predicted molar refractivity (Wildman–Crippen MR) is 148 cm³/mol. The normalized spacial score (nSPS) is 12.9. The molecule has 3 aromatic carbocycles. The average molecular weight is 514 g/mol. The van der Waals surface area contributed by atoms with Crippen LogP contribution in [0, 0.1) is 19.7 Å². The summed E-state index contributed by atoms with van der Waals surface area (Å²) in [5, 5.41) is 16.0. The van der Waals surface area contributed by atoms with Crippen LogP contribution in [0.15, 0.2) is 59.1 Å². The molecule has 2 aromatic heterocycles. The lowest BCUT2D eigenvalue weighted by Crippen LogP contribution is -2.19. The molecule has 38 heavy (non-hydrogen) atoms. The first-order valence-electron chi connectivity index (χ1n) is 12.9. The Balaban J connectivity index is 2.01. The molecular weight excluding hydrogens is 481 g/mol. The van der Waals surface area contributed by atoms with E-state index in [2.05, 4.69) is 12.1 Å². The Kier molecular flexibility index (Phi) is 6.35. The molecule has 2 heterocycles. The maximum atomic E-state index is 16.5. The lowest BCUT2D eigenvalue weighted by Gasteiger charge is -2.24. The van der Waals surface area contributed by atoms with Crippen molar-refractivity contribution in [1.29, 1.82) is 0 Å². The molecule has 0 bridgehead atoms. The molecular formula is C31H32FN3O3. The van der Waals surface area contributed by atoms with E-state index in [-0.39, 0.29) is 11.6 Å². The average Bonchev–Trinajstić information content (AvgIpc) is 3.38. The van der Waals surface area contributed by atoms with Gasteiger partial charge in [0.2, 0.25) is 5.91 Å². The first-order valence-corrected chi connectivity index (χ1v) is 12.9. The SMILES string of the molecule is CCCC(c1ccccc1)n1c2cc(-c3c(C)noc3C)cc(C(N)=O)c2c2ccc(C(C)(C)O)c(F)c21. The lowest BCUT2D eigenvalue weighted by molar-refractivity contribution is 0.0748. The van der Waals surface area contributed by atoms with Gasteiger partial charge in [0, 0.05) is 27.5 Å². The molecule has 1 atom stereocenters. The number of hydrogen-bond donors (Lipinski definition) is 2. The molecule has 0 spiro atoms. The second-order valence-electron chi connectivity index (χ2n) is 10.4. The number of nitrogens with two attached hydrogens (primary N) is 1. The largest absolute Gasteiger partial charge is 0.386 e. The highest BCUT2D eigenvalue weighted by atomic mass is 19.1. The van der Waals surface area contributed by atoms with E-state index in [1.807, 2.05) is 54.8 Å². The van der Waals surface area contributed by atoms with Gasteiger partial charge in [0.25, 0.3) is 0 Å². The van der Waals surface area contributed by atoms with Crippen molar-refractivity contribution in [2.45, 2.75) is 59.1 Å². The third-order valence-electron chi connectivity index (χ3n) is 7.31. The molecule has 5 rings (SSSR count). The number of carbonyl (C=O) groups is 1. The van der Waals surface area contributed by atoms with Gasteiger partial charge in [-0.25, -0.2) is 4.39 Å². The Hall–Kier alpha value is -3.97. The number of benzene rings is 3. The summed E-state index contributed by atoms with van der Waals surface area (Å²) in [7, 11) is 0. The topological polar surface area (TPSA) is 94.3 Å². The number of rotatable bonds is 7. The highest BCUT2D eigenvalue weighted by Gasteiger charge is 2.30. The Morgan fingerprint density at radius 1 is 1.16 bits per heavy atom. The van der Waals surface area contributed by atoms with E-state index in [4.69, 9.17) is 10.3 Å². The van der Waals surface area contributed by atoms with Crippen molar-refractivity contribution >= 4 is 27.7 Å². The molecule has 0 saturated heterocycles. The zero-order valence-corrected chi connectivity index (χ0v) is 22.3. The number of primary amides is 1.